The fourth-order valence-electron chi connectivity index (χ4n) is 1.63. The van der Waals surface area contributed by atoms with Crippen molar-refractivity contribution in [2.75, 3.05) is 0 Å². The summed E-state index contributed by atoms with van der Waals surface area (Å²) in [5, 5.41) is 0. The Balaban J connectivity index is 2.45. The van der Waals surface area contributed by atoms with Crippen molar-refractivity contribution in [3.63, 3.8) is 0 Å². The van der Waals surface area contributed by atoms with Gasteiger partial charge in [0, 0.05) is 12.4 Å². The van der Waals surface area contributed by atoms with Gasteiger partial charge in [-0.1, -0.05) is 32.9 Å². The highest BCUT2D eigenvalue weighted by molar-refractivity contribution is 5.63. The van der Waals surface area contributed by atoms with Gasteiger partial charge in [-0.05, 0) is 46.4 Å². The smallest absolute Gasteiger partial charge is 0.0273 e. The summed E-state index contributed by atoms with van der Waals surface area (Å²) in [4.78, 5) is 4.03. The molecule has 1 aromatic heterocycles. The molecular formula is C15H16N. The highest BCUT2D eigenvalue weighted by Crippen LogP contribution is 2.26. The maximum absolute atomic E-state index is 4.03. The molecule has 0 aliphatic carbocycles. The Labute approximate surface area is 97.2 Å². The number of nitrogens with zero attached hydrogens (tertiary/aromatic N) is 1. The number of hydrogen-bond acceptors (Lipinski definition) is 1. The van der Waals surface area contributed by atoms with Crippen LogP contribution in [0.25, 0.3) is 11.1 Å². The minimum Gasteiger partial charge on any atom is -0.265 e. The Bertz CT molecular complexity index is 466. The second-order valence-corrected chi connectivity index (χ2v) is 4.98. The van der Waals surface area contributed by atoms with Crippen molar-refractivity contribution >= 4 is 0 Å². The zero-order valence-electron chi connectivity index (χ0n) is 9.99. The maximum Gasteiger partial charge on any atom is 0.0273 e. The Morgan fingerprint density at radius 2 is 1.75 bits per heavy atom. The summed E-state index contributed by atoms with van der Waals surface area (Å²) in [5.74, 6) is 0. The highest BCUT2D eigenvalue weighted by atomic mass is 14.6. The van der Waals surface area contributed by atoms with E-state index in [4.69, 9.17) is 0 Å². The van der Waals surface area contributed by atoms with E-state index in [1.54, 1.807) is 0 Å². The van der Waals surface area contributed by atoms with Crippen molar-refractivity contribution < 1.29 is 0 Å². The minimum atomic E-state index is 0.177. The first-order valence-electron chi connectivity index (χ1n) is 5.50. The van der Waals surface area contributed by atoms with Gasteiger partial charge in [0.15, 0.2) is 0 Å². The molecule has 0 fully saturated rings. The predicted octanol–water partition coefficient (Wildman–Crippen LogP) is 3.85. The van der Waals surface area contributed by atoms with Gasteiger partial charge in [-0.3, -0.25) is 4.98 Å². The maximum atomic E-state index is 4.03. The molecule has 0 saturated heterocycles. The van der Waals surface area contributed by atoms with Crippen LogP contribution in [0.15, 0.2) is 42.7 Å². The fourth-order valence-corrected chi connectivity index (χ4v) is 1.63. The zero-order chi connectivity index (χ0) is 11.6. The average Bonchev–Trinajstić information content (AvgIpc) is 2.29. The van der Waals surface area contributed by atoms with E-state index in [-0.39, 0.29) is 5.41 Å². The Hall–Kier alpha value is -1.63. The molecule has 0 amide bonds. The quantitative estimate of drug-likeness (QED) is 0.696. The Kier molecular flexibility index (Phi) is 2.78. The van der Waals surface area contributed by atoms with Crippen LogP contribution in [0, 0.1) is 6.07 Å². The molecule has 0 unspecified atom stereocenters. The molecule has 0 spiro atoms. The molecule has 16 heavy (non-hydrogen) atoms. The van der Waals surface area contributed by atoms with Crippen molar-refractivity contribution in [3.05, 3.63) is 54.4 Å². The van der Waals surface area contributed by atoms with Gasteiger partial charge < -0.3 is 0 Å². The van der Waals surface area contributed by atoms with E-state index in [0.29, 0.717) is 0 Å². The first-order valence-corrected chi connectivity index (χ1v) is 5.50. The van der Waals surface area contributed by atoms with Gasteiger partial charge in [-0.25, -0.2) is 0 Å². The number of hydrogen-bond donors (Lipinski definition) is 0. The van der Waals surface area contributed by atoms with Gasteiger partial charge in [0.1, 0.15) is 0 Å². The van der Waals surface area contributed by atoms with Crippen molar-refractivity contribution in [3.8, 4) is 11.1 Å². The molecule has 1 heterocycles. The number of rotatable bonds is 1. The predicted molar refractivity (Wildman–Crippen MR) is 67.2 cm³/mol. The summed E-state index contributed by atoms with van der Waals surface area (Å²) in [6.07, 6.45) is 3.62. The standard InChI is InChI=1S/C15H16N/c1-15(2,3)14-6-4-5-13(11-14)12-7-9-16-10-8-12/h4,6-11H,1-3H3. The normalized spacial score (nSPS) is 11.4. The van der Waals surface area contributed by atoms with Crippen LogP contribution in [-0.2, 0) is 5.41 Å². The lowest BCUT2D eigenvalue weighted by molar-refractivity contribution is 0.590. The summed E-state index contributed by atoms with van der Waals surface area (Å²) in [6, 6.07) is 13.6. The number of aromatic nitrogens is 1. The first kappa shape index (κ1) is 10.9. The third-order valence-corrected chi connectivity index (χ3v) is 2.66. The molecule has 0 N–H and O–H groups in total. The largest absolute Gasteiger partial charge is 0.265 e. The van der Waals surface area contributed by atoms with Crippen LogP contribution in [0.3, 0.4) is 0 Å². The molecule has 2 rings (SSSR count). The molecule has 1 heteroatoms. The molecule has 1 nitrogen and oxygen atoms in total. The highest BCUT2D eigenvalue weighted by Gasteiger charge is 2.13. The number of pyridine rings is 1. The molecular weight excluding hydrogens is 194 g/mol. The molecule has 0 bridgehead atoms. The van der Waals surface area contributed by atoms with Crippen LogP contribution in [0.4, 0.5) is 0 Å². The van der Waals surface area contributed by atoms with Crippen LogP contribution < -0.4 is 0 Å². The van der Waals surface area contributed by atoms with E-state index in [2.05, 4.69) is 44.0 Å². The van der Waals surface area contributed by atoms with Crippen LogP contribution >= 0.6 is 0 Å². The summed E-state index contributed by atoms with van der Waals surface area (Å²) < 4.78 is 0. The average molecular weight is 210 g/mol. The van der Waals surface area contributed by atoms with Crippen molar-refractivity contribution in [1.29, 1.82) is 0 Å². The van der Waals surface area contributed by atoms with Crippen LogP contribution in [0.1, 0.15) is 26.3 Å². The Morgan fingerprint density at radius 1 is 1.06 bits per heavy atom. The van der Waals surface area contributed by atoms with Gasteiger partial charge in [0.2, 0.25) is 0 Å². The van der Waals surface area contributed by atoms with E-state index >= 15 is 0 Å². The van der Waals surface area contributed by atoms with Gasteiger partial charge in [-0.15, -0.1) is 0 Å². The summed E-state index contributed by atoms with van der Waals surface area (Å²) in [7, 11) is 0. The molecule has 81 valence electrons. The van der Waals surface area contributed by atoms with Crippen LogP contribution in [0.5, 0.6) is 0 Å². The first-order chi connectivity index (χ1) is 7.57. The summed E-state index contributed by atoms with van der Waals surface area (Å²) in [5.41, 5.74) is 3.81. The monoisotopic (exact) mass is 210 g/mol. The molecule has 0 aliphatic heterocycles. The molecule has 2 aromatic rings. The van der Waals surface area contributed by atoms with E-state index in [9.17, 15) is 0 Å². The van der Waals surface area contributed by atoms with E-state index in [1.807, 2.05) is 30.6 Å². The van der Waals surface area contributed by atoms with Gasteiger partial charge in [0.25, 0.3) is 0 Å². The topological polar surface area (TPSA) is 12.9 Å². The van der Waals surface area contributed by atoms with Gasteiger partial charge in [-0.2, -0.15) is 0 Å². The molecule has 1 aromatic carbocycles. The molecule has 1 radical (unpaired) electrons. The molecule has 0 saturated carbocycles. The van der Waals surface area contributed by atoms with Crippen molar-refractivity contribution in [2.24, 2.45) is 0 Å². The lowest BCUT2D eigenvalue weighted by atomic mass is 9.85. The van der Waals surface area contributed by atoms with Crippen LogP contribution in [0.2, 0.25) is 0 Å². The van der Waals surface area contributed by atoms with Gasteiger partial charge in [0.05, 0.1) is 0 Å². The summed E-state index contributed by atoms with van der Waals surface area (Å²) in [6.45, 7) is 6.66. The zero-order valence-corrected chi connectivity index (χ0v) is 9.99. The second kappa shape index (κ2) is 4.09. The fraction of sp³-hybridized carbons (Fsp3) is 0.267. The SMILES string of the molecule is CC(C)(C)c1cc[c]c(-c2ccncc2)c1. The number of benzene rings is 1. The van der Waals surface area contributed by atoms with Gasteiger partial charge >= 0.3 is 0 Å². The minimum absolute atomic E-state index is 0.177. The second-order valence-electron chi connectivity index (χ2n) is 4.98. The van der Waals surface area contributed by atoms with Crippen molar-refractivity contribution in [2.45, 2.75) is 26.2 Å². The summed E-state index contributed by atoms with van der Waals surface area (Å²) >= 11 is 0. The van der Waals surface area contributed by atoms with Crippen molar-refractivity contribution in [1.82, 2.24) is 4.98 Å². The Morgan fingerprint density at radius 3 is 2.38 bits per heavy atom. The molecule has 0 atom stereocenters. The molecule has 0 aliphatic rings. The van der Waals surface area contributed by atoms with E-state index in [0.717, 1.165) is 5.56 Å². The third kappa shape index (κ3) is 2.30. The van der Waals surface area contributed by atoms with E-state index < -0.39 is 0 Å². The lowest BCUT2D eigenvalue weighted by Gasteiger charge is -2.19. The van der Waals surface area contributed by atoms with Crippen LogP contribution in [-0.4, -0.2) is 4.98 Å². The lowest BCUT2D eigenvalue weighted by Crippen LogP contribution is -2.10. The van der Waals surface area contributed by atoms with E-state index in [1.165, 1.54) is 11.1 Å². The third-order valence-electron chi connectivity index (χ3n) is 2.66.